The maximum Gasteiger partial charge on any atom is 0.322 e. The van der Waals surface area contributed by atoms with Gasteiger partial charge in [-0.3, -0.25) is 4.79 Å². The number of hydrogen-bond donors (Lipinski definition) is 2. The van der Waals surface area contributed by atoms with Gasteiger partial charge in [0.25, 0.3) is 0 Å². The van der Waals surface area contributed by atoms with E-state index in [4.69, 9.17) is 4.74 Å². The number of carboxylic acid groups (broad SMARTS) is 1. The molecule has 0 bridgehead atoms. The number of fused-ring (bicyclic) bond motifs is 1. The van der Waals surface area contributed by atoms with E-state index in [1.165, 1.54) is 12.1 Å². The Labute approximate surface area is 194 Å². The number of carbonyl (C=O) groups is 1. The summed E-state index contributed by atoms with van der Waals surface area (Å²) in [6, 6.07) is 18.9. The van der Waals surface area contributed by atoms with Crippen molar-refractivity contribution in [2.75, 3.05) is 0 Å². The molecule has 7 heteroatoms. The summed E-state index contributed by atoms with van der Waals surface area (Å²) < 4.78 is 34.7. The van der Waals surface area contributed by atoms with Gasteiger partial charge in [-0.05, 0) is 48.2 Å². The summed E-state index contributed by atoms with van der Waals surface area (Å²) in [5, 5.41) is 12.1. The van der Waals surface area contributed by atoms with Crippen molar-refractivity contribution < 1.29 is 23.1 Å². The van der Waals surface area contributed by atoms with E-state index in [0.29, 0.717) is 12.8 Å². The Hall–Kier alpha value is -3.00. The molecule has 2 N–H and O–H groups in total. The van der Waals surface area contributed by atoms with Gasteiger partial charge in [0.05, 0.1) is 17.1 Å². The minimum Gasteiger partial charge on any atom is -0.480 e. The van der Waals surface area contributed by atoms with Crippen molar-refractivity contribution in [3.63, 3.8) is 0 Å². The molecule has 0 radical (unpaired) electrons. The fourth-order valence-electron chi connectivity index (χ4n) is 4.52. The monoisotopic (exact) mass is 465 g/mol. The fraction of sp³-hybridized carbons (Fsp3) is 0.269. The summed E-state index contributed by atoms with van der Waals surface area (Å²) in [4.78, 5) is 12.3. The summed E-state index contributed by atoms with van der Waals surface area (Å²) >= 11 is 0. The predicted molar refractivity (Wildman–Crippen MR) is 127 cm³/mol. The third kappa shape index (κ3) is 4.85. The molecule has 0 aliphatic carbocycles. The molecule has 33 heavy (non-hydrogen) atoms. The van der Waals surface area contributed by atoms with Crippen molar-refractivity contribution in [1.82, 2.24) is 4.72 Å². The Kier molecular flexibility index (Phi) is 6.65. The van der Waals surface area contributed by atoms with Crippen molar-refractivity contribution in [1.29, 1.82) is 0 Å². The third-order valence-corrected chi connectivity index (χ3v) is 7.64. The van der Waals surface area contributed by atoms with Crippen LogP contribution in [-0.2, 0) is 19.6 Å². The molecule has 0 aromatic heterocycles. The summed E-state index contributed by atoms with van der Waals surface area (Å²) in [7, 11) is -4.03. The van der Waals surface area contributed by atoms with Crippen LogP contribution in [0.5, 0.6) is 0 Å². The van der Waals surface area contributed by atoms with Gasteiger partial charge in [-0.1, -0.05) is 66.2 Å². The SMILES string of the molecule is C=CC[C@@H]1O[C@@H](c2cccc3ccccc23)CC1[C@H](NS(=O)(=O)c1ccc(C)cc1)C(=O)O. The Balaban J connectivity index is 1.66. The van der Waals surface area contributed by atoms with Crippen LogP contribution in [0, 0.1) is 12.8 Å². The molecule has 172 valence electrons. The maximum absolute atomic E-state index is 13.0. The van der Waals surface area contributed by atoms with E-state index in [2.05, 4.69) is 11.3 Å². The molecule has 1 aliphatic heterocycles. The van der Waals surface area contributed by atoms with Gasteiger partial charge < -0.3 is 9.84 Å². The Morgan fingerprint density at radius 1 is 1.15 bits per heavy atom. The zero-order chi connectivity index (χ0) is 23.6. The topological polar surface area (TPSA) is 92.7 Å². The first kappa shape index (κ1) is 23.2. The molecule has 4 atom stereocenters. The quantitative estimate of drug-likeness (QED) is 0.474. The second-order valence-corrected chi connectivity index (χ2v) is 10.1. The molecule has 4 rings (SSSR count). The number of carboxylic acids is 1. The van der Waals surface area contributed by atoms with Crippen molar-refractivity contribution in [3.05, 3.63) is 90.5 Å². The van der Waals surface area contributed by atoms with Crippen LogP contribution in [0.4, 0.5) is 0 Å². The average molecular weight is 466 g/mol. The number of hydrogen-bond acceptors (Lipinski definition) is 4. The minimum absolute atomic E-state index is 0.0316. The molecule has 1 aliphatic rings. The first-order valence-corrected chi connectivity index (χ1v) is 12.3. The fourth-order valence-corrected chi connectivity index (χ4v) is 5.76. The van der Waals surface area contributed by atoms with Crippen LogP contribution in [0.1, 0.15) is 30.1 Å². The molecule has 0 spiro atoms. The molecular formula is C26H27NO5S. The highest BCUT2D eigenvalue weighted by Crippen LogP contribution is 2.42. The van der Waals surface area contributed by atoms with Crippen molar-refractivity contribution >= 4 is 26.8 Å². The van der Waals surface area contributed by atoms with Crippen LogP contribution >= 0.6 is 0 Å². The normalized spacial score (nSPS) is 21.7. The van der Waals surface area contributed by atoms with Gasteiger partial charge in [0.2, 0.25) is 10.0 Å². The number of rotatable bonds is 8. The molecular weight excluding hydrogens is 438 g/mol. The van der Waals surface area contributed by atoms with Crippen LogP contribution < -0.4 is 4.72 Å². The summed E-state index contributed by atoms with van der Waals surface area (Å²) in [6.45, 7) is 5.63. The van der Waals surface area contributed by atoms with E-state index in [0.717, 1.165) is 21.9 Å². The number of nitrogens with one attached hydrogen (secondary N) is 1. The largest absolute Gasteiger partial charge is 0.480 e. The van der Waals surface area contributed by atoms with Crippen LogP contribution in [0.15, 0.2) is 84.3 Å². The lowest BCUT2D eigenvalue weighted by Gasteiger charge is -2.24. The lowest BCUT2D eigenvalue weighted by atomic mass is 9.88. The third-order valence-electron chi connectivity index (χ3n) is 6.18. The van der Waals surface area contributed by atoms with E-state index >= 15 is 0 Å². The molecule has 1 saturated heterocycles. The molecule has 3 aromatic carbocycles. The lowest BCUT2D eigenvalue weighted by Crippen LogP contribution is -2.48. The van der Waals surface area contributed by atoms with Crippen LogP contribution in [0.2, 0.25) is 0 Å². The Bertz CT molecular complexity index is 1260. The van der Waals surface area contributed by atoms with E-state index < -0.39 is 34.1 Å². The second kappa shape index (κ2) is 9.47. The summed E-state index contributed by atoms with van der Waals surface area (Å²) in [5.41, 5.74) is 1.88. The van der Waals surface area contributed by atoms with Gasteiger partial charge in [-0.15, -0.1) is 6.58 Å². The number of ether oxygens (including phenoxy) is 1. The number of sulfonamides is 1. The number of aliphatic carboxylic acids is 1. The van der Waals surface area contributed by atoms with E-state index in [-0.39, 0.29) is 11.0 Å². The Morgan fingerprint density at radius 2 is 1.85 bits per heavy atom. The highest BCUT2D eigenvalue weighted by molar-refractivity contribution is 7.89. The predicted octanol–water partition coefficient (Wildman–Crippen LogP) is 4.60. The van der Waals surface area contributed by atoms with Gasteiger partial charge in [0.15, 0.2) is 0 Å². The van der Waals surface area contributed by atoms with E-state index in [1.807, 2.05) is 49.4 Å². The highest BCUT2D eigenvalue weighted by Gasteiger charge is 2.44. The molecule has 0 amide bonds. The first-order chi connectivity index (χ1) is 15.8. The maximum atomic E-state index is 13.0. The zero-order valence-electron chi connectivity index (χ0n) is 18.3. The molecule has 6 nitrogen and oxygen atoms in total. The molecule has 3 aromatic rings. The average Bonchev–Trinajstić information content (AvgIpc) is 3.21. The second-order valence-electron chi connectivity index (χ2n) is 8.41. The highest BCUT2D eigenvalue weighted by atomic mass is 32.2. The molecule has 1 unspecified atom stereocenters. The van der Waals surface area contributed by atoms with Crippen LogP contribution in [-0.4, -0.2) is 31.6 Å². The van der Waals surface area contributed by atoms with Gasteiger partial charge >= 0.3 is 5.97 Å². The van der Waals surface area contributed by atoms with E-state index in [1.54, 1.807) is 18.2 Å². The van der Waals surface area contributed by atoms with Gasteiger partial charge in [0, 0.05) is 5.92 Å². The zero-order valence-corrected chi connectivity index (χ0v) is 19.2. The van der Waals surface area contributed by atoms with Gasteiger partial charge in [0.1, 0.15) is 6.04 Å². The van der Waals surface area contributed by atoms with Crippen LogP contribution in [0.3, 0.4) is 0 Å². The van der Waals surface area contributed by atoms with Gasteiger partial charge in [-0.25, -0.2) is 8.42 Å². The van der Waals surface area contributed by atoms with E-state index in [9.17, 15) is 18.3 Å². The minimum atomic E-state index is -4.03. The smallest absolute Gasteiger partial charge is 0.322 e. The lowest BCUT2D eigenvalue weighted by molar-refractivity contribution is -0.141. The summed E-state index contributed by atoms with van der Waals surface area (Å²) in [5.74, 6) is -1.79. The standard InChI is InChI=1S/C26H27NO5S/c1-3-7-23-22(16-24(32-23)21-11-6-9-18-8-4-5-10-20(18)21)25(26(28)29)27-33(30,31)19-14-12-17(2)13-15-19/h3-6,8-15,22-25,27H,1,7,16H2,2H3,(H,28,29)/t22?,23-,24+,25-/m0/s1. The number of aryl methyl sites for hydroxylation is 1. The van der Waals surface area contributed by atoms with Crippen molar-refractivity contribution in [2.24, 2.45) is 5.92 Å². The Morgan fingerprint density at radius 3 is 2.55 bits per heavy atom. The van der Waals surface area contributed by atoms with Gasteiger partial charge in [-0.2, -0.15) is 4.72 Å². The summed E-state index contributed by atoms with van der Waals surface area (Å²) in [6.07, 6.45) is 1.64. The van der Waals surface area contributed by atoms with Crippen LogP contribution in [0.25, 0.3) is 10.8 Å². The molecule has 0 saturated carbocycles. The van der Waals surface area contributed by atoms with Crippen molar-refractivity contribution in [3.8, 4) is 0 Å². The van der Waals surface area contributed by atoms with Crippen molar-refractivity contribution in [2.45, 2.75) is 42.9 Å². The molecule has 1 fully saturated rings. The number of benzene rings is 3. The first-order valence-electron chi connectivity index (χ1n) is 10.9. The molecule has 1 heterocycles.